The highest BCUT2D eigenvalue weighted by atomic mass is 32.2. The van der Waals surface area contributed by atoms with E-state index in [-0.39, 0.29) is 0 Å². The molecule has 14 heavy (non-hydrogen) atoms. The van der Waals surface area contributed by atoms with Crippen molar-refractivity contribution in [2.75, 3.05) is 0 Å². The van der Waals surface area contributed by atoms with Gasteiger partial charge in [0.05, 0.1) is 0 Å². The van der Waals surface area contributed by atoms with Crippen LogP contribution in [-0.2, 0) is 0 Å². The van der Waals surface area contributed by atoms with Gasteiger partial charge in [0.25, 0.3) is 0 Å². The van der Waals surface area contributed by atoms with E-state index in [1.807, 2.05) is 11.8 Å². The predicted molar refractivity (Wildman–Crippen MR) is 65.6 cm³/mol. The van der Waals surface area contributed by atoms with Crippen LogP contribution in [0.1, 0.15) is 32.6 Å². The summed E-state index contributed by atoms with van der Waals surface area (Å²) in [6.07, 6.45) is 4.84. The molecule has 0 spiro atoms. The summed E-state index contributed by atoms with van der Waals surface area (Å²) < 4.78 is 0. The van der Waals surface area contributed by atoms with E-state index in [0.29, 0.717) is 0 Å². The SMILES string of the molecule is [CH2]CCC(CCC)Sc1ccccc1. The van der Waals surface area contributed by atoms with Crippen LogP contribution in [-0.4, -0.2) is 5.25 Å². The number of benzene rings is 1. The molecule has 1 rings (SSSR count). The third kappa shape index (κ3) is 4.19. The molecule has 0 fully saturated rings. The van der Waals surface area contributed by atoms with Gasteiger partial charge in [-0.15, -0.1) is 11.8 Å². The highest BCUT2D eigenvalue weighted by Gasteiger charge is 2.07. The van der Waals surface area contributed by atoms with Crippen LogP contribution in [0.3, 0.4) is 0 Å². The molecule has 1 unspecified atom stereocenters. The first-order valence-electron chi connectivity index (χ1n) is 5.37. The standard InChI is InChI=1S/C13H19S/c1-3-8-12(9-4-2)14-13-10-6-5-7-11-13/h5-7,10-12H,1,3-4,8-9H2,2H3. The Labute approximate surface area is 92.1 Å². The van der Waals surface area contributed by atoms with Crippen LogP contribution in [0, 0.1) is 6.92 Å². The molecular formula is C13H19S. The fourth-order valence-electron chi connectivity index (χ4n) is 1.50. The summed E-state index contributed by atoms with van der Waals surface area (Å²) in [7, 11) is 0. The van der Waals surface area contributed by atoms with Crippen LogP contribution in [0.4, 0.5) is 0 Å². The molecule has 1 atom stereocenters. The van der Waals surface area contributed by atoms with Gasteiger partial charge in [-0.25, -0.2) is 0 Å². The van der Waals surface area contributed by atoms with Crippen LogP contribution in [0.5, 0.6) is 0 Å². The third-order valence-electron chi connectivity index (χ3n) is 2.18. The molecule has 0 aromatic heterocycles. The second-order valence-electron chi connectivity index (χ2n) is 3.48. The second kappa shape index (κ2) is 6.94. The van der Waals surface area contributed by atoms with Crippen LogP contribution in [0.2, 0.25) is 0 Å². The van der Waals surface area contributed by atoms with Gasteiger partial charge in [-0.05, 0) is 25.0 Å². The van der Waals surface area contributed by atoms with Gasteiger partial charge in [0, 0.05) is 10.1 Å². The van der Waals surface area contributed by atoms with Gasteiger partial charge in [-0.1, -0.05) is 44.9 Å². The summed E-state index contributed by atoms with van der Waals surface area (Å²) >= 11 is 2.00. The zero-order valence-electron chi connectivity index (χ0n) is 8.91. The minimum absolute atomic E-state index is 0.750. The molecular weight excluding hydrogens is 188 g/mol. The van der Waals surface area contributed by atoms with E-state index in [9.17, 15) is 0 Å². The molecule has 1 aromatic rings. The summed E-state index contributed by atoms with van der Waals surface area (Å²) in [5.74, 6) is 0. The Kier molecular flexibility index (Phi) is 5.77. The van der Waals surface area contributed by atoms with Crippen molar-refractivity contribution in [3.8, 4) is 0 Å². The van der Waals surface area contributed by atoms with Crippen molar-refractivity contribution in [1.82, 2.24) is 0 Å². The maximum atomic E-state index is 3.94. The zero-order valence-corrected chi connectivity index (χ0v) is 9.72. The Balaban J connectivity index is 2.46. The lowest BCUT2D eigenvalue weighted by molar-refractivity contribution is 0.690. The van der Waals surface area contributed by atoms with Gasteiger partial charge in [-0.3, -0.25) is 0 Å². The lowest BCUT2D eigenvalue weighted by Gasteiger charge is -2.14. The Morgan fingerprint density at radius 1 is 1.21 bits per heavy atom. The number of hydrogen-bond donors (Lipinski definition) is 0. The Morgan fingerprint density at radius 3 is 2.50 bits per heavy atom. The summed E-state index contributed by atoms with van der Waals surface area (Å²) in [6, 6.07) is 10.7. The molecule has 0 N–H and O–H groups in total. The average Bonchev–Trinajstić information content (AvgIpc) is 2.20. The molecule has 0 saturated carbocycles. The lowest BCUT2D eigenvalue weighted by atomic mass is 10.2. The van der Waals surface area contributed by atoms with Gasteiger partial charge in [0.2, 0.25) is 0 Å². The van der Waals surface area contributed by atoms with Gasteiger partial charge in [0.1, 0.15) is 0 Å². The van der Waals surface area contributed by atoms with Crippen LogP contribution in [0.15, 0.2) is 35.2 Å². The van der Waals surface area contributed by atoms with E-state index in [2.05, 4.69) is 44.2 Å². The predicted octanol–water partition coefficient (Wildman–Crippen LogP) is 4.56. The molecule has 1 aromatic carbocycles. The van der Waals surface area contributed by atoms with E-state index in [0.717, 1.165) is 11.7 Å². The maximum Gasteiger partial charge on any atom is 0.00943 e. The van der Waals surface area contributed by atoms with Gasteiger partial charge in [0.15, 0.2) is 0 Å². The minimum Gasteiger partial charge on any atom is -0.123 e. The molecule has 1 radical (unpaired) electrons. The van der Waals surface area contributed by atoms with Crippen molar-refractivity contribution >= 4 is 11.8 Å². The molecule has 0 bridgehead atoms. The quantitative estimate of drug-likeness (QED) is 0.616. The smallest absolute Gasteiger partial charge is 0.00943 e. The number of hydrogen-bond acceptors (Lipinski definition) is 1. The van der Waals surface area contributed by atoms with Crippen molar-refractivity contribution in [2.45, 2.75) is 42.8 Å². The third-order valence-corrected chi connectivity index (χ3v) is 3.53. The molecule has 1 heteroatoms. The summed E-state index contributed by atoms with van der Waals surface area (Å²) in [5.41, 5.74) is 0. The Bertz CT molecular complexity index is 224. The van der Waals surface area contributed by atoms with Crippen LogP contribution in [0.25, 0.3) is 0 Å². The summed E-state index contributed by atoms with van der Waals surface area (Å²) in [6.45, 7) is 6.19. The first-order chi connectivity index (χ1) is 6.86. The first-order valence-corrected chi connectivity index (χ1v) is 6.25. The maximum absolute atomic E-state index is 3.94. The monoisotopic (exact) mass is 207 g/mol. The minimum atomic E-state index is 0.750. The largest absolute Gasteiger partial charge is 0.123 e. The van der Waals surface area contributed by atoms with E-state index in [1.54, 1.807) is 0 Å². The molecule has 0 aliphatic carbocycles. The molecule has 0 heterocycles. The number of rotatable bonds is 6. The second-order valence-corrected chi connectivity index (χ2v) is 4.86. The van der Waals surface area contributed by atoms with E-state index in [4.69, 9.17) is 0 Å². The molecule has 0 nitrogen and oxygen atoms in total. The van der Waals surface area contributed by atoms with Crippen molar-refractivity contribution in [2.24, 2.45) is 0 Å². The molecule has 77 valence electrons. The zero-order chi connectivity index (χ0) is 10.2. The molecule has 0 saturated heterocycles. The van der Waals surface area contributed by atoms with Crippen molar-refractivity contribution in [3.05, 3.63) is 37.3 Å². The Morgan fingerprint density at radius 2 is 1.93 bits per heavy atom. The fourth-order valence-corrected chi connectivity index (χ4v) is 2.84. The lowest BCUT2D eigenvalue weighted by Crippen LogP contribution is -2.00. The molecule has 0 aliphatic heterocycles. The summed E-state index contributed by atoms with van der Waals surface area (Å²) in [5, 5.41) is 0.750. The van der Waals surface area contributed by atoms with Crippen molar-refractivity contribution in [1.29, 1.82) is 0 Å². The summed E-state index contributed by atoms with van der Waals surface area (Å²) in [4.78, 5) is 1.39. The normalized spacial score (nSPS) is 10.8. The van der Waals surface area contributed by atoms with Gasteiger partial charge >= 0.3 is 0 Å². The Hall–Kier alpha value is -0.430. The van der Waals surface area contributed by atoms with Crippen molar-refractivity contribution < 1.29 is 0 Å². The van der Waals surface area contributed by atoms with Crippen molar-refractivity contribution in [3.63, 3.8) is 0 Å². The highest BCUT2D eigenvalue weighted by molar-refractivity contribution is 8.00. The van der Waals surface area contributed by atoms with E-state index >= 15 is 0 Å². The van der Waals surface area contributed by atoms with Gasteiger partial charge < -0.3 is 0 Å². The molecule has 0 aliphatic rings. The topological polar surface area (TPSA) is 0 Å². The fraction of sp³-hybridized carbons (Fsp3) is 0.462. The molecule has 0 amide bonds. The average molecular weight is 207 g/mol. The van der Waals surface area contributed by atoms with E-state index in [1.165, 1.54) is 24.2 Å². The van der Waals surface area contributed by atoms with E-state index < -0.39 is 0 Å². The first kappa shape index (κ1) is 11.6. The highest BCUT2D eigenvalue weighted by Crippen LogP contribution is 2.28. The number of thioether (sulfide) groups is 1. The van der Waals surface area contributed by atoms with Gasteiger partial charge in [-0.2, -0.15) is 0 Å². The van der Waals surface area contributed by atoms with Crippen LogP contribution >= 0.6 is 11.8 Å². The van der Waals surface area contributed by atoms with Crippen LogP contribution < -0.4 is 0 Å².